The maximum absolute atomic E-state index is 9.51. The van der Waals surface area contributed by atoms with Crippen molar-refractivity contribution in [1.29, 1.82) is 0 Å². The molecule has 5 heteroatoms. The third-order valence-corrected chi connectivity index (χ3v) is 3.66. The van der Waals surface area contributed by atoms with Crippen molar-refractivity contribution < 1.29 is 9.63 Å². The third-order valence-electron chi connectivity index (χ3n) is 3.66. The van der Waals surface area contributed by atoms with Crippen molar-refractivity contribution in [3.8, 4) is 22.8 Å². The zero-order valence-electron chi connectivity index (χ0n) is 11.9. The Morgan fingerprint density at radius 1 is 1.05 bits per heavy atom. The Morgan fingerprint density at radius 2 is 1.82 bits per heavy atom. The molecule has 0 saturated heterocycles. The number of para-hydroxylation sites is 2. The molecule has 4 rings (SSSR count). The van der Waals surface area contributed by atoms with E-state index >= 15 is 0 Å². The fourth-order valence-electron chi connectivity index (χ4n) is 2.58. The van der Waals surface area contributed by atoms with Crippen LogP contribution in [0.4, 0.5) is 0 Å². The van der Waals surface area contributed by atoms with Crippen molar-refractivity contribution in [3.05, 3.63) is 60.5 Å². The molecule has 0 bridgehead atoms. The molecule has 0 fully saturated rings. The van der Waals surface area contributed by atoms with E-state index in [1.165, 1.54) is 0 Å². The minimum atomic E-state index is 0.232. The van der Waals surface area contributed by atoms with E-state index in [0.717, 1.165) is 33.8 Å². The molecule has 0 unspecified atom stereocenters. The maximum Gasteiger partial charge on any atom is 0.150 e. The van der Waals surface area contributed by atoms with Crippen LogP contribution in [-0.2, 0) is 0 Å². The normalized spacial score (nSPS) is 11.1. The fraction of sp³-hybridized carbons (Fsp3) is 0.0588. The van der Waals surface area contributed by atoms with E-state index in [1.54, 1.807) is 18.4 Å². The number of imidazole rings is 1. The average molecular weight is 291 g/mol. The minimum Gasteiger partial charge on any atom is -0.508 e. The van der Waals surface area contributed by atoms with Gasteiger partial charge in [0, 0.05) is 5.69 Å². The molecule has 108 valence electrons. The monoisotopic (exact) mass is 291 g/mol. The molecule has 2 heterocycles. The first-order valence-electron chi connectivity index (χ1n) is 6.92. The molecule has 1 N–H and O–H groups in total. The quantitative estimate of drug-likeness (QED) is 0.611. The van der Waals surface area contributed by atoms with Crippen molar-refractivity contribution in [2.24, 2.45) is 0 Å². The van der Waals surface area contributed by atoms with Gasteiger partial charge in [-0.25, -0.2) is 4.98 Å². The van der Waals surface area contributed by atoms with Crippen LogP contribution in [0.2, 0.25) is 0 Å². The molecule has 0 aliphatic rings. The maximum atomic E-state index is 9.51. The third kappa shape index (κ3) is 1.87. The first kappa shape index (κ1) is 12.6. The lowest BCUT2D eigenvalue weighted by molar-refractivity contribution is 0.415. The molecule has 0 spiro atoms. The first-order valence-corrected chi connectivity index (χ1v) is 6.92. The van der Waals surface area contributed by atoms with Crippen LogP contribution in [0.1, 0.15) is 5.69 Å². The molecular weight excluding hydrogens is 278 g/mol. The Morgan fingerprint density at radius 3 is 2.55 bits per heavy atom. The topological polar surface area (TPSA) is 64.1 Å². The number of aryl methyl sites for hydroxylation is 1. The lowest BCUT2D eigenvalue weighted by Crippen LogP contribution is -1.97. The molecule has 0 saturated carbocycles. The minimum absolute atomic E-state index is 0.232. The zero-order valence-corrected chi connectivity index (χ0v) is 11.9. The standard InChI is InChI=1S/C17H13N3O2/c1-11-14(10-22-19-11)17-18-15-4-2-3-5-16(15)20(17)12-6-8-13(21)9-7-12/h2-10,21H,1H3. The number of fused-ring (bicyclic) bond motifs is 1. The number of hydrogen-bond donors (Lipinski definition) is 1. The Kier molecular flexibility index (Phi) is 2.72. The van der Waals surface area contributed by atoms with Crippen molar-refractivity contribution in [3.63, 3.8) is 0 Å². The number of phenolic OH excluding ortho intramolecular Hbond substituents is 1. The number of phenols is 1. The molecule has 5 nitrogen and oxygen atoms in total. The molecule has 0 aliphatic heterocycles. The second-order valence-electron chi connectivity index (χ2n) is 5.09. The first-order chi connectivity index (χ1) is 10.7. The zero-order chi connectivity index (χ0) is 15.1. The van der Waals surface area contributed by atoms with Crippen molar-refractivity contribution in [2.45, 2.75) is 6.92 Å². The number of rotatable bonds is 2. The van der Waals surface area contributed by atoms with Gasteiger partial charge in [-0.1, -0.05) is 17.3 Å². The fourth-order valence-corrected chi connectivity index (χ4v) is 2.58. The van der Waals surface area contributed by atoms with Crippen LogP contribution in [-0.4, -0.2) is 19.8 Å². The lowest BCUT2D eigenvalue weighted by atomic mass is 10.2. The van der Waals surface area contributed by atoms with Gasteiger partial charge in [0.25, 0.3) is 0 Å². The van der Waals surface area contributed by atoms with E-state index < -0.39 is 0 Å². The summed E-state index contributed by atoms with van der Waals surface area (Å²) in [7, 11) is 0. The van der Waals surface area contributed by atoms with Gasteiger partial charge in [-0.15, -0.1) is 0 Å². The van der Waals surface area contributed by atoms with Gasteiger partial charge in [-0.3, -0.25) is 4.57 Å². The van der Waals surface area contributed by atoms with Gasteiger partial charge in [-0.2, -0.15) is 0 Å². The van der Waals surface area contributed by atoms with Crippen molar-refractivity contribution in [1.82, 2.24) is 14.7 Å². The van der Waals surface area contributed by atoms with Crippen LogP contribution in [0, 0.1) is 6.92 Å². The van der Waals surface area contributed by atoms with Crippen LogP contribution in [0.25, 0.3) is 28.1 Å². The SMILES string of the molecule is Cc1nocc1-c1nc2ccccc2n1-c1ccc(O)cc1. The molecule has 2 aromatic heterocycles. The van der Waals surface area contributed by atoms with Crippen molar-refractivity contribution >= 4 is 11.0 Å². The highest BCUT2D eigenvalue weighted by Gasteiger charge is 2.17. The van der Waals surface area contributed by atoms with Gasteiger partial charge in [0.2, 0.25) is 0 Å². The lowest BCUT2D eigenvalue weighted by Gasteiger charge is -2.08. The number of hydrogen-bond acceptors (Lipinski definition) is 4. The summed E-state index contributed by atoms with van der Waals surface area (Å²) in [4.78, 5) is 4.72. The van der Waals surface area contributed by atoms with E-state index in [9.17, 15) is 5.11 Å². The molecule has 0 amide bonds. The summed E-state index contributed by atoms with van der Waals surface area (Å²) in [5.41, 5.74) is 4.44. The van der Waals surface area contributed by atoms with Crippen LogP contribution in [0.5, 0.6) is 5.75 Å². The number of aromatic hydroxyl groups is 1. The van der Waals surface area contributed by atoms with E-state index in [4.69, 9.17) is 9.51 Å². The summed E-state index contributed by atoms with van der Waals surface area (Å²) in [5.74, 6) is 1.00. The second kappa shape index (κ2) is 4.73. The molecular formula is C17H13N3O2. The van der Waals surface area contributed by atoms with Crippen LogP contribution in [0.15, 0.2) is 59.3 Å². The molecule has 0 radical (unpaired) electrons. The molecule has 0 aliphatic carbocycles. The molecule has 22 heavy (non-hydrogen) atoms. The van der Waals surface area contributed by atoms with Crippen molar-refractivity contribution in [2.75, 3.05) is 0 Å². The Bertz CT molecular complexity index is 952. The van der Waals surface area contributed by atoms with E-state index in [-0.39, 0.29) is 5.75 Å². The summed E-state index contributed by atoms with van der Waals surface area (Å²) in [6.07, 6.45) is 1.60. The second-order valence-corrected chi connectivity index (χ2v) is 5.09. The molecule has 0 atom stereocenters. The summed E-state index contributed by atoms with van der Waals surface area (Å²) in [5, 5.41) is 13.5. The highest BCUT2D eigenvalue weighted by atomic mass is 16.5. The van der Waals surface area contributed by atoms with Gasteiger partial charge in [-0.05, 0) is 43.3 Å². The van der Waals surface area contributed by atoms with E-state index in [0.29, 0.717) is 0 Å². The summed E-state index contributed by atoms with van der Waals surface area (Å²) >= 11 is 0. The number of nitrogens with zero attached hydrogens (tertiary/aromatic N) is 3. The molecule has 4 aromatic rings. The van der Waals surface area contributed by atoms with E-state index in [1.807, 2.05) is 47.9 Å². The average Bonchev–Trinajstić information content (AvgIpc) is 3.11. The summed E-state index contributed by atoms with van der Waals surface area (Å²) in [6, 6.07) is 15.0. The highest BCUT2D eigenvalue weighted by Crippen LogP contribution is 2.30. The van der Waals surface area contributed by atoms with E-state index in [2.05, 4.69) is 5.16 Å². The summed E-state index contributed by atoms with van der Waals surface area (Å²) in [6.45, 7) is 1.89. The van der Waals surface area contributed by atoms with Gasteiger partial charge >= 0.3 is 0 Å². The predicted octanol–water partition coefficient (Wildman–Crippen LogP) is 3.69. The Balaban J connectivity index is 2.06. The predicted molar refractivity (Wildman–Crippen MR) is 83.0 cm³/mol. The number of benzene rings is 2. The van der Waals surface area contributed by atoms with Crippen LogP contribution < -0.4 is 0 Å². The van der Waals surface area contributed by atoms with Gasteiger partial charge in [0.1, 0.15) is 12.0 Å². The van der Waals surface area contributed by atoms with Gasteiger partial charge in [0.05, 0.1) is 22.3 Å². The van der Waals surface area contributed by atoms with Crippen LogP contribution >= 0.6 is 0 Å². The number of aromatic nitrogens is 3. The van der Waals surface area contributed by atoms with Gasteiger partial charge in [0.15, 0.2) is 5.82 Å². The van der Waals surface area contributed by atoms with Crippen LogP contribution in [0.3, 0.4) is 0 Å². The molecule has 2 aromatic carbocycles. The highest BCUT2D eigenvalue weighted by molar-refractivity contribution is 5.83. The largest absolute Gasteiger partial charge is 0.508 e. The summed E-state index contributed by atoms with van der Waals surface area (Å²) < 4.78 is 7.10. The Hall–Kier alpha value is -3.08. The van der Waals surface area contributed by atoms with Gasteiger partial charge < -0.3 is 9.63 Å². The smallest absolute Gasteiger partial charge is 0.150 e. The Labute approximate surface area is 126 Å².